The molecule has 0 fully saturated rings. The number of hydrogen-bond acceptors (Lipinski definition) is 2. The summed E-state index contributed by atoms with van der Waals surface area (Å²) in [5.74, 6) is 0. The number of benzene rings is 13. The lowest BCUT2D eigenvalue weighted by Gasteiger charge is -2.30. The zero-order valence-electron chi connectivity index (χ0n) is 54.8. The average molecular weight is 1190 g/mol. The van der Waals surface area contributed by atoms with Gasteiger partial charge in [0.2, 0.25) is 0 Å². The van der Waals surface area contributed by atoms with Crippen molar-refractivity contribution in [2.45, 2.75) is 80.1 Å². The average Bonchev–Trinajstić information content (AvgIpc) is 0.819. The van der Waals surface area contributed by atoms with E-state index in [9.17, 15) is 0 Å². The standard InChI is InChI=1S/C90H80N2/c1-61-55-73(39-49-81(61)83-51-45-77(57-63(83)3)91(75-41-35-69(36-42-75)66-25-17-12-18-26-66)79-47-53-85(71-27-19-13-20-28-71)87(59-79)89(5,6)7)74-40-50-82(62(2)56-74)84-52-46-78(58-64(84)4)92(80-48-54-86(72-29-21-14-22-30-72)88(60-80)90(8,9)10)76-43-37-70(38-44-76)68-33-31-67(32-34-68)65-23-15-11-16-24-65/h11-60H,1-10H3. The van der Waals surface area contributed by atoms with Crippen molar-refractivity contribution < 1.29 is 0 Å². The zero-order valence-corrected chi connectivity index (χ0v) is 54.8. The Hall–Kier alpha value is -10.5. The molecule has 0 aromatic heterocycles. The van der Waals surface area contributed by atoms with Crippen LogP contribution in [0.2, 0.25) is 0 Å². The molecule has 92 heavy (non-hydrogen) atoms. The summed E-state index contributed by atoms with van der Waals surface area (Å²) >= 11 is 0. The molecule has 0 aliphatic carbocycles. The second-order valence-electron chi connectivity index (χ2n) is 26.8. The summed E-state index contributed by atoms with van der Waals surface area (Å²) in [5, 5.41) is 0. The van der Waals surface area contributed by atoms with E-state index in [1.165, 1.54) is 122 Å². The molecule has 0 heterocycles. The van der Waals surface area contributed by atoms with Gasteiger partial charge >= 0.3 is 0 Å². The Bertz CT molecular complexity index is 4740. The van der Waals surface area contributed by atoms with E-state index in [2.05, 4.69) is 382 Å². The van der Waals surface area contributed by atoms with E-state index >= 15 is 0 Å². The topological polar surface area (TPSA) is 6.48 Å². The van der Waals surface area contributed by atoms with E-state index < -0.39 is 0 Å². The normalized spacial score (nSPS) is 11.6. The largest absolute Gasteiger partial charge is 0.310 e. The van der Waals surface area contributed by atoms with Gasteiger partial charge in [0.1, 0.15) is 0 Å². The molecule has 0 unspecified atom stereocenters. The van der Waals surface area contributed by atoms with Crippen LogP contribution in [0, 0.1) is 27.7 Å². The lowest BCUT2D eigenvalue weighted by atomic mass is 9.81. The first kappa shape index (κ1) is 60.4. The summed E-state index contributed by atoms with van der Waals surface area (Å²) in [5.41, 5.74) is 33.6. The SMILES string of the molecule is Cc1cc(-c2ccc(-c3ccc(N(c4ccc(-c5ccc(-c6ccccc6)cc5)cc4)c4ccc(-c5ccccc5)c(C(C)(C)C)c4)cc3C)c(C)c2)ccc1-c1ccc(N(c2ccc(-c3ccccc3)cc2)c2ccc(-c3ccccc3)c(C(C)(C)C)c2)cc1C. The molecule has 0 spiro atoms. The molecule has 0 atom stereocenters. The van der Waals surface area contributed by atoms with Gasteiger partial charge in [-0.2, -0.15) is 0 Å². The van der Waals surface area contributed by atoms with E-state index in [1.807, 2.05) is 0 Å². The van der Waals surface area contributed by atoms with E-state index in [1.54, 1.807) is 0 Å². The molecule has 0 N–H and O–H groups in total. The summed E-state index contributed by atoms with van der Waals surface area (Å²) in [6.45, 7) is 22.9. The summed E-state index contributed by atoms with van der Waals surface area (Å²) in [7, 11) is 0. The molecule has 13 rings (SSSR count). The number of rotatable bonds is 14. The highest BCUT2D eigenvalue weighted by atomic mass is 15.1. The van der Waals surface area contributed by atoms with Gasteiger partial charge < -0.3 is 9.80 Å². The summed E-state index contributed by atoms with van der Waals surface area (Å²) < 4.78 is 0. The van der Waals surface area contributed by atoms with Crippen LogP contribution in [0.25, 0.3) is 89.0 Å². The fourth-order valence-electron chi connectivity index (χ4n) is 13.4. The van der Waals surface area contributed by atoms with Crippen LogP contribution in [0.5, 0.6) is 0 Å². The van der Waals surface area contributed by atoms with Gasteiger partial charge in [-0.25, -0.2) is 0 Å². The van der Waals surface area contributed by atoms with Gasteiger partial charge in [0, 0.05) is 34.1 Å². The van der Waals surface area contributed by atoms with Crippen LogP contribution in [-0.4, -0.2) is 0 Å². The Morgan fingerprint density at radius 2 is 0.402 bits per heavy atom. The minimum absolute atomic E-state index is 0.0903. The van der Waals surface area contributed by atoms with Gasteiger partial charge in [-0.05, 0) is 234 Å². The van der Waals surface area contributed by atoms with Gasteiger partial charge in [0.15, 0.2) is 0 Å². The van der Waals surface area contributed by atoms with Gasteiger partial charge in [-0.1, -0.05) is 272 Å². The van der Waals surface area contributed by atoms with Crippen LogP contribution in [0.4, 0.5) is 34.1 Å². The van der Waals surface area contributed by atoms with Crippen LogP contribution in [0.3, 0.4) is 0 Å². The van der Waals surface area contributed by atoms with Crippen molar-refractivity contribution in [3.05, 3.63) is 337 Å². The van der Waals surface area contributed by atoms with Gasteiger partial charge in [0.05, 0.1) is 0 Å². The molecule has 0 saturated heterocycles. The van der Waals surface area contributed by atoms with Crippen molar-refractivity contribution in [2.75, 3.05) is 9.80 Å². The Morgan fingerprint density at radius 3 is 0.685 bits per heavy atom. The highest BCUT2D eigenvalue weighted by Crippen LogP contribution is 2.46. The third-order valence-corrected chi connectivity index (χ3v) is 18.3. The fraction of sp³-hybridized carbons (Fsp3) is 0.133. The monoisotopic (exact) mass is 1190 g/mol. The molecule has 0 radical (unpaired) electrons. The maximum absolute atomic E-state index is 2.43. The minimum atomic E-state index is -0.102. The molecule has 450 valence electrons. The van der Waals surface area contributed by atoms with E-state index in [-0.39, 0.29) is 10.8 Å². The summed E-state index contributed by atoms with van der Waals surface area (Å²) in [6.07, 6.45) is 0. The molecule has 0 bridgehead atoms. The lowest BCUT2D eigenvalue weighted by molar-refractivity contribution is 0.592. The smallest absolute Gasteiger partial charge is 0.0464 e. The number of aryl methyl sites for hydroxylation is 4. The molecule has 13 aromatic carbocycles. The third kappa shape index (κ3) is 12.5. The maximum atomic E-state index is 2.43. The molecule has 0 amide bonds. The number of hydrogen-bond donors (Lipinski definition) is 0. The first-order valence-electron chi connectivity index (χ1n) is 32.4. The Labute approximate surface area is 546 Å². The first-order chi connectivity index (χ1) is 44.5. The van der Waals surface area contributed by atoms with E-state index in [0.717, 1.165) is 34.1 Å². The van der Waals surface area contributed by atoms with Crippen LogP contribution in [0.1, 0.15) is 74.9 Å². The van der Waals surface area contributed by atoms with Crippen molar-refractivity contribution in [3.8, 4) is 89.0 Å². The second-order valence-corrected chi connectivity index (χ2v) is 26.8. The highest BCUT2D eigenvalue weighted by Gasteiger charge is 2.25. The molecular formula is C90H80N2. The number of anilines is 6. The molecule has 0 aliphatic rings. The van der Waals surface area contributed by atoms with Crippen molar-refractivity contribution >= 4 is 34.1 Å². The summed E-state index contributed by atoms with van der Waals surface area (Å²) in [6, 6.07) is 112. The van der Waals surface area contributed by atoms with Crippen LogP contribution < -0.4 is 9.80 Å². The Balaban J connectivity index is 0.796. The van der Waals surface area contributed by atoms with E-state index in [4.69, 9.17) is 0 Å². The summed E-state index contributed by atoms with van der Waals surface area (Å²) in [4.78, 5) is 4.85. The predicted octanol–water partition coefficient (Wildman–Crippen LogP) is 25.8. The first-order valence-corrected chi connectivity index (χ1v) is 32.4. The molecular weight excluding hydrogens is 1110 g/mol. The maximum Gasteiger partial charge on any atom is 0.0464 e. The van der Waals surface area contributed by atoms with E-state index in [0.29, 0.717) is 0 Å². The molecule has 2 nitrogen and oxygen atoms in total. The molecule has 13 aromatic rings. The Morgan fingerprint density at radius 1 is 0.185 bits per heavy atom. The molecule has 0 aliphatic heterocycles. The second kappa shape index (κ2) is 25.4. The molecule has 0 saturated carbocycles. The van der Waals surface area contributed by atoms with Gasteiger partial charge in [-0.15, -0.1) is 0 Å². The number of nitrogens with zero attached hydrogens (tertiary/aromatic N) is 2. The quantitative estimate of drug-likeness (QED) is 0.107. The van der Waals surface area contributed by atoms with Crippen molar-refractivity contribution in [1.29, 1.82) is 0 Å². The van der Waals surface area contributed by atoms with Gasteiger partial charge in [-0.3, -0.25) is 0 Å². The fourth-order valence-corrected chi connectivity index (χ4v) is 13.4. The van der Waals surface area contributed by atoms with Crippen LogP contribution >= 0.6 is 0 Å². The van der Waals surface area contributed by atoms with Gasteiger partial charge in [0.25, 0.3) is 0 Å². The zero-order chi connectivity index (χ0) is 63.7. The third-order valence-electron chi connectivity index (χ3n) is 18.3. The lowest BCUT2D eigenvalue weighted by Crippen LogP contribution is -2.16. The minimum Gasteiger partial charge on any atom is -0.310 e. The predicted molar refractivity (Wildman–Crippen MR) is 396 cm³/mol. The van der Waals surface area contributed by atoms with Crippen molar-refractivity contribution in [2.24, 2.45) is 0 Å². The molecule has 2 heteroatoms. The highest BCUT2D eigenvalue weighted by molar-refractivity contribution is 5.87. The van der Waals surface area contributed by atoms with Crippen LogP contribution in [-0.2, 0) is 10.8 Å². The van der Waals surface area contributed by atoms with Crippen LogP contribution in [0.15, 0.2) is 303 Å². The van der Waals surface area contributed by atoms with Crippen molar-refractivity contribution in [1.82, 2.24) is 0 Å². The Kier molecular flexibility index (Phi) is 16.7. The van der Waals surface area contributed by atoms with Crippen molar-refractivity contribution in [3.63, 3.8) is 0 Å².